The number of benzene rings is 2. The number of rotatable bonds is 3. The Morgan fingerprint density at radius 3 is 2.58 bits per heavy atom. The maximum atomic E-state index is 13.2. The number of nitrogens with one attached hydrogen (secondary N) is 1. The quantitative estimate of drug-likeness (QED) is 0.828. The second-order valence-electron chi connectivity index (χ2n) is 3.94. The highest BCUT2D eigenvalue weighted by molar-refractivity contribution is 14.1. The number of nitrogens with zero attached hydrogens (tertiary/aromatic N) is 1. The van der Waals surface area contributed by atoms with Crippen LogP contribution in [0, 0.1) is 26.5 Å². The van der Waals surface area contributed by atoms with Crippen molar-refractivity contribution in [3.8, 4) is 6.07 Å². The molecule has 0 aliphatic heterocycles. The van der Waals surface area contributed by atoms with E-state index in [9.17, 15) is 8.78 Å². The third-order valence-corrected chi connectivity index (χ3v) is 3.39. The Morgan fingerprint density at radius 1 is 1.11 bits per heavy atom. The molecule has 0 saturated heterocycles. The first-order chi connectivity index (χ1) is 9.08. The van der Waals surface area contributed by atoms with Gasteiger partial charge in [-0.2, -0.15) is 5.26 Å². The van der Waals surface area contributed by atoms with E-state index in [0.29, 0.717) is 12.1 Å². The normalized spacial score (nSPS) is 10.0. The predicted molar refractivity (Wildman–Crippen MR) is 77.6 cm³/mol. The van der Waals surface area contributed by atoms with Crippen LogP contribution in [0.25, 0.3) is 0 Å². The lowest BCUT2D eigenvalue weighted by molar-refractivity contribution is 0.625. The number of anilines is 1. The fourth-order valence-electron chi connectivity index (χ4n) is 1.65. The molecule has 0 aromatic heterocycles. The van der Waals surface area contributed by atoms with Crippen LogP contribution in [0.2, 0.25) is 0 Å². The number of hydrogen-bond donors (Lipinski definition) is 1. The number of nitriles is 1. The van der Waals surface area contributed by atoms with Gasteiger partial charge in [-0.05, 0) is 64.6 Å². The first-order valence-electron chi connectivity index (χ1n) is 5.47. The molecule has 0 aliphatic rings. The second kappa shape index (κ2) is 5.97. The molecule has 0 saturated carbocycles. The molecule has 0 heterocycles. The molecule has 2 aromatic carbocycles. The van der Waals surface area contributed by atoms with Gasteiger partial charge in [0.15, 0.2) is 0 Å². The number of hydrogen-bond acceptors (Lipinski definition) is 2. The molecule has 0 amide bonds. The molecule has 5 heteroatoms. The predicted octanol–water partition coefficient (Wildman–Crippen LogP) is 4.05. The molecule has 0 bridgehead atoms. The van der Waals surface area contributed by atoms with Crippen molar-refractivity contribution in [3.05, 3.63) is 62.7 Å². The van der Waals surface area contributed by atoms with Gasteiger partial charge in [0.2, 0.25) is 0 Å². The van der Waals surface area contributed by atoms with Gasteiger partial charge < -0.3 is 5.32 Å². The molecule has 19 heavy (non-hydrogen) atoms. The fourth-order valence-corrected chi connectivity index (χ4v) is 2.32. The molecule has 0 radical (unpaired) electrons. The third-order valence-electron chi connectivity index (χ3n) is 2.50. The van der Waals surface area contributed by atoms with Crippen molar-refractivity contribution in [2.75, 3.05) is 5.32 Å². The van der Waals surface area contributed by atoms with E-state index in [1.54, 1.807) is 12.1 Å². The fraction of sp³-hybridized carbons (Fsp3) is 0.0714. The van der Waals surface area contributed by atoms with E-state index < -0.39 is 5.82 Å². The van der Waals surface area contributed by atoms with Gasteiger partial charge in [-0.15, -0.1) is 0 Å². The topological polar surface area (TPSA) is 35.8 Å². The maximum absolute atomic E-state index is 13.2. The second-order valence-corrected chi connectivity index (χ2v) is 5.10. The smallest absolute Gasteiger partial charge is 0.124 e. The Labute approximate surface area is 123 Å². The third kappa shape index (κ3) is 3.64. The minimum absolute atomic E-state index is 0.283. The van der Waals surface area contributed by atoms with Crippen LogP contribution in [-0.4, -0.2) is 0 Å². The van der Waals surface area contributed by atoms with Gasteiger partial charge in [0, 0.05) is 15.8 Å². The molecular weight excluding hydrogens is 361 g/mol. The van der Waals surface area contributed by atoms with Crippen LogP contribution < -0.4 is 5.32 Å². The lowest BCUT2D eigenvalue weighted by atomic mass is 10.1. The van der Waals surface area contributed by atoms with Crippen LogP contribution in [0.1, 0.15) is 11.1 Å². The van der Waals surface area contributed by atoms with Crippen LogP contribution in [0.15, 0.2) is 36.4 Å². The van der Waals surface area contributed by atoms with Crippen molar-refractivity contribution in [3.63, 3.8) is 0 Å². The van der Waals surface area contributed by atoms with Crippen LogP contribution in [0.4, 0.5) is 14.5 Å². The molecule has 0 unspecified atom stereocenters. The van der Waals surface area contributed by atoms with Crippen molar-refractivity contribution in [2.24, 2.45) is 0 Å². The van der Waals surface area contributed by atoms with E-state index in [4.69, 9.17) is 5.26 Å². The van der Waals surface area contributed by atoms with Gasteiger partial charge in [0.05, 0.1) is 11.6 Å². The zero-order valence-corrected chi connectivity index (χ0v) is 11.9. The monoisotopic (exact) mass is 370 g/mol. The van der Waals surface area contributed by atoms with Gasteiger partial charge in [0.25, 0.3) is 0 Å². The average molecular weight is 370 g/mol. The van der Waals surface area contributed by atoms with Crippen molar-refractivity contribution in [1.82, 2.24) is 0 Å². The Balaban J connectivity index is 2.14. The molecule has 0 spiro atoms. The molecule has 2 rings (SSSR count). The van der Waals surface area contributed by atoms with E-state index in [2.05, 4.69) is 5.32 Å². The van der Waals surface area contributed by atoms with Gasteiger partial charge in [-0.25, -0.2) is 8.78 Å². The standard InChI is InChI=1S/C14H9F2IN2/c15-11-1-2-14(13(17)6-11)19-8-10-3-9(7-18)4-12(16)5-10/h1-6,19H,8H2. The van der Waals surface area contributed by atoms with E-state index in [1.807, 2.05) is 28.7 Å². The first kappa shape index (κ1) is 13.7. The summed E-state index contributed by atoms with van der Waals surface area (Å²) >= 11 is 2.02. The zero-order valence-electron chi connectivity index (χ0n) is 9.75. The summed E-state index contributed by atoms with van der Waals surface area (Å²) in [5, 5.41) is 11.9. The highest BCUT2D eigenvalue weighted by Gasteiger charge is 2.03. The summed E-state index contributed by atoms with van der Waals surface area (Å²) in [4.78, 5) is 0. The van der Waals surface area contributed by atoms with Crippen LogP contribution in [0.5, 0.6) is 0 Å². The van der Waals surface area contributed by atoms with Gasteiger partial charge >= 0.3 is 0 Å². The van der Waals surface area contributed by atoms with Gasteiger partial charge in [0.1, 0.15) is 11.6 Å². The minimum atomic E-state index is -0.440. The highest BCUT2D eigenvalue weighted by Crippen LogP contribution is 2.20. The van der Waals surface area contributed by atoms with Gasteiger partial charge in [-0.1, -0.05) is 0 Å². The SMILES string of the molecule is N#Cc1cc(F)cc(CNc2ccc(F)cc2I)c1. The Morgan fingerprint density at radius 2 is 1.89 bits per heavy atom. The van der Waals surface area contributed by atoms with Crippen molar-refractivity contribution in [1.29, 1.82) is 5.26 Å². The summed E-state index contributed by atoms with van der Waals surface area (Å²) in [5.74, 6) is -0.739. The van der Waals surface area contributed by atoms with Crippen LogP contribution >= 0.6 is 22.6 Å². The molecule has 96 valence electrons. The first-order valence-corrected chi connectivity index (χ1v) is 6.55. The molecule has 2 nitrogen and oxygen atoms in total. The summed E-state index contributed by atoms with van der Waals surface area (Å²) in [5.41, 5.74) is 1.71. The van der Waals surface area contributed by atoms with E-state index in [1.165, 1.54) is 24.3 Å². The van der Waals surface area contributed by atoms with Crippen molar-refractivity contribution >= 4 is 28.3 Å². The molecule has 2 aromatic rings. The highest BCUT2D eigenvalue weighted by atomic mass is 127. The zero-order chi connectivity index (χ0) is 13.8. The summed E-state index contributed by atoms with van der Waals surface area (Å²) in [6.45, 7) is 0.369. The largest absolute Gasteiger partial charge is 0.380 e. The Bertz CT molecular complexity index is 650. The molecule has 0 fully saturated rings. The van der Waals surface area contributed by atoms with Crippen LogP contribution in [-0.2, 0) is 6.54 Å². The Hall–Kier alpha value is -1.68. The minimum Gasteiger partial charge on any atom is -0.380 e. The summed E-state index contributed by atoms with van der Waals surface area (Å²) < 4.78 is 26.9. The van der Waals surface area contributed by atoms with Crippen LogP contribution in [0.3, 0.4) is 0 Å². The summed E-state index contributed by atoms with van der Waals surface area (Å²) in [7, 11) is 0. The lowest BCUT2D eigenvalue weighted by Gasteiger charge is -2.09. The van der Waals surface area contributed by atoms with E-state index in [0.717, 1.165) is 9.26 Å². The van der Waals surface area contributed by atoms with Crippen molar-refractivity contribution < 1.29 is 8.78 Å². The summed E-state index contributed by atoms with van der Waals surface area (Å²) in [6.07, 6.45) is 0. The van der Waals surface area contributed by atoms with Gasteiger partial charge in [-0.3, -0.25) is 0 Å². The maximum Gasteiger partial charge on any atom is 0.124 e. The van der Waals surface area contributed by atoms with Crippen molar-refractivity contribution in [2.45, 2.75) is 6.54 Å². The number of halogens is 3. The molecule has 0 atom stereocenters. The lowest BCUT2D eigenvalue weighted by Crippen LogP contribution is -2.02. The summed E-state index contributed by atoms with van der Waals surface area (Å²) in [6, 6.07) is 10.5. The average Bonchev–Trinajstić information content (AvgIpc) is 2.37. The molecule has 0 aliphatic carbocycles. The van der Waals surface area contributed by atoms with E-state index in [-0.39, 0.29) is 11.4 Å². The Kier molecular flexibility index (Phi) is 4.32. The molecular formula is C14H9F2IN2. The molecule has 1 N–H and O–H groups in total. The van der Waals surface area contributed by atoms with E-state index >= 15 is 0 Å².